The second kappa shape index (κ2) is 8.77. The number of rotatable bonds is 8. The van der Waals surface area contributed by atoms with Gasteiger partial charge in [-0.1, -0.05) is 57.2 Å². The lowest BCUT2D eigenvalue weighted by Crippen LogP contribution is -2.25. The summed E-state index contributed by atoms with van der Waals surface area (Å²) >= 11 is 0. The van der Waals surface area contributed by atoms with Gasteiger partial charge in [0.05, 0.1) is 11.3 Å². The maximum atomic E-state index is 11.0. The minimum Gasteiger partial charge on any atom is -0.481 e. The molecular weight excluding hydrogens is 344 g/mol. The van der Waals surface area contributed by atoms with E-state index in [0.29, 0.717) is 19.6 Å². The van der Waals surface area contributed by atoms with Gasteiger partial charge in [0.25, 0.3) is 5.69 Å². The van der Waals surface area contributed by atoms with Crippen molar-refractivity contribution in [3.8, 4) is 0 Å². The summed E-state index contributed by atoms with van der Waals surface area (Å²) in [6, 6.07) is 14.7. The number of carbonyl (C=O) groups is 1. The van der Waals surface area contributed by atoms with E-state index in [1.165, 1.54) is 17.7 Å². The second-order valence-electron chi connectivity index (χ2n) is 7.72. The first kappa shape index (κ1) is 20.6. The zero-order valence-corrected chi connectivity index (χ0v) is 16.0. The van der Waals surface area contributed by atoms with Crippen molar-refractivity contribution in [2.75, 3.05) is 6.54 Å². The normalized spacial score (nSPS) is 11.6. The second-order valence-corrected chi connectivity index (χ2v) is 7.72. The molecule has 0 aromatic heterocycles. The molecule has 0 saturated heterocycles. The summed E-state index contributed by atoms with van der Waals surface area (Å²) in [5.41, 5.74) is 3.40. The van der Waals surface area contributed by atoms with E-state index in [0.717, 1.165) is 11.1 Å². The average Bonchev–Trinajstić information content (AvgIpc) is 2.60. The molecule has 0 radical (unpaired) electrons. The van der Waals surface area contributed by atoms with E-state index in [-0.39, 0.29) is 17.5 Å². The standard InChI is InChI=1S/C21H26N2O4/c1-21(2,3)18-8-4-16(5-9-18)14-22(13-12-20(24)25)15-17-6-10-19(11-7-17)23(26)27/h4-11H,12-15H2,1-3H3,(H,24,25). The molecule has 2 aromatic rings. The zero-order chi connectivity index (χ0) is 20.0. The van der Waals surface area contributed by atoms with Crippen molar-refractivity contribution in [1.82, 2.24) is 4.90 Å². The third-order valence-corrected chi connectivity index (χ3v) is 4.42. The molecule has 0 spiro atoms. The number of nitro benzene ring substituents is 1. The Bertz CT molecular complexity index is 777. The van der Waals surface area contributed by atoms with Crippen LogP contribution in [0.1, 0.15) is 43.9 Å². The molecule has 0 aliphatic heterocycles. The Morgan fingerprint density at radius 1 is 1.00 bits per heavy atom. The minimum atomic E-state index is -0.841. The first-order chi connectivity index (χ1) is 12.6. The van der Waals surface area contributed by atoms with Crippen molar-refractivity contribution in [3.63, 3.8) is 0 Å². The van der Waals surface area contributed by atoms with Crippen molar-refractivity contribution in [3.05, 3.63) is 75.3 Å². The van der Waals surface area contributed by atoms with E-state index in [1.54, 1.807) is 12.1 Å². The van der Waals surface area contributed by atoms with Crippen LogP contribution in [0.4, 0.5) is 5.69 Å². The molecule has 0 bridgehead atoms. The van der Waals surface area contributed by atoms with Crippen LogP contribution in [0.15, 0.2) is 48.5 Å². The molecule has 144 valence electrons. The minimum absolute atomic E-state index is 0.0487. The fraction of sp³-hybridized carbons (Fsp3) is 0.381. The Balaban J connectivity index is 2.11. The Kier molecular flexibility index (Phi) is 6.69. The molecule has 0 heterocycles. The lowest BCUT2D eigenvalue weighted by atomic mass is 9.87. The van der Waals surface area contributed by atoms with Crippen molar-refractivity contribution < 1.29 is 14.8 Å². The molecule has 6 nitrogen and oxygen atoms in total. The van der Waals surface area contributed by atoms with Crippen LogP contribution in [0.2, 0.25) is 0 Å². The Labute approximate surface area is 159 Å². The van der Waals surface area contributed by atoms with Gasteiger partial charge in [0.2, 0.25) is 0 Å². The van der Waals surface area contributed by atoms with Crippen LogP contribution in [-0.4, -0.2) is 27.4 Å². The SMILES string of the molecule is CC(C)(C)c1ccc(CN(CCC(=O)O)Cc2ccc([N+](=O)[O-])cc2)cc1. The molecular formula is C21H26N2O4. The smallest absolute Gasteiger partial charge is 0.304 e. The summed E-state index contributed by atoms with van der Waals surface area (Å²) in [7, 11) is 0. The van der Waals surface area contributed by atoms with Gasteiger partial charge >= 0.3 is 5.97 Å². The number of carboxylic acid groups (broad SMARTS) is 1. The third-order valence-electron chi connectivity index (χ3n) is 4.42. The summed E-state index contributed by atoms with van der Waals surface area (Å²) in [6.07, 6.45) is 0.0487. The van der Waals surface area contributed by atoms with Crippen molar-refractivity contribution >= 4 is 11.7 Å². The monoisotopic (exact) mass is 370 g/mol. The topological polar surface area (TPSA) is 83.7 Å². The number of non-ortho nitro benzene ring substituents is 1. The third kappa shape index (κ3) is 6.49. The average molecular weight is 370 g/mol. The Morgan fingerprint density at radius 3 is 1.89 bits per heavy atom. The largest absolute Gasteiger partial charge is 0.481 e. The number of nitrogens with zero attached hydrogens (tertiary/aromatic N) is 2. The molecule has 0 saturated carbocycles. The molecule has 6 heteroatoms. The predicted molar refractivity (Wildman–Crippen MR) is 105 cm³/mol. The lowest BCUT2D eigenvalue weighted by molar-refractivity contribution is -0.384. The highest BCUT2D eigenvalue weighted by Gasteiger charge is 2.14. The molecule has 2 rings (SSSR count). The first-order valence-corrected chi connectivity index (χ1v) is 8.92. The van der Waals surface area contributed by atoms with Gasteiger partial charge in [-0.25, -0.2) is 0 Å². The van der Waals surface area contributed by atoms with Crippen molar-refractivity contribution in [2.45, 2.75) is 45.7 Å². The molecule has 0 atom stereocenters. The highest BCUT2D eigenvalue weighted by atomic mass is 16.6. The van der Waals surface area contributed by atoms with Crippen LogP contribution >= 0.6 is 0 Å². The quantitative estimate of drug-likeness (QED) is 0.551. The van der Waals surface area contributed by atoms with Crippen molar-refractivity contribution in [1.29, 1.82) is 0 Å². The van der Waals surface area contributed by atoms with Gasteiger partial charge in [0.1, 0.15) is 0 Å². The Hall–Kier alpha value is -2.73. The van der Waals surface area contributed by atoms with Crippen LogP contribution in [0.3, 0.4) is 0 Å². The van der Waals surface area contributed by atoms with E-state index in [4.69, 9.17) is 5.11 Å². The number of benzene rings is 2. The van der Waals surface area contributed by atoms with Crippen LogP contribution in [0, 0.1) is 10.1 Å². The van der Waals surface area contributed by atoms with Gasteiger partial charge in [0.15, 0.2) is 0 Å². The molecule has 1 N–H and O–H groups in total. The fourth-order valence-corrected chi connectivity index (χ4v) is 2.82. The number of hydrogen-bond donors (Lipinski definition) is 1. The number of carboxylic acids is 1. The van der Waals surface area contributed by atoms with Crippen LogP contribution < -0.4 is 0 Å². The van der Waals surface area contributed by atoms with E-state index in [9.17, 15) is 14.9 Å². The molecule has 0 unspecified atom stereocenters. The number of aliphatic carboxylic acids is 1. The van der Waals surface area contributed by atoms with E-state index < -0.39 is 10.9 Å². The number of nitro groups is 1. The first-order valence-electron chi connectivity index (χ1n) is 8.92. The summed E-state index contributed by atoms with van der Waals surface area (Å²) in [5, 5.41) is 19.8. The molecule has 0 fully saturated rings. The molecule has 0 aliphatic rings. The lowest BCUT2D eigenvalue weighted by Gasteiger charge is -2.23. The van der Waals surface area contributed by atoms with Crippen LogP contribution in [0.5, 0.6) is 0 Å². The summed E-state index contributed by atoms with van der Waals surface area (Å²) in [4.78, 5) is 23.4. The van der Waals surface area contributed by atoms with E-state index >= 15 is 0 Å². The fourth-order valence-electron chi connectivity index (χ4n) is 2.82. The summed E-state index contributed by atoms with van der Waals surface area (Å²) in [5.74, 6) is -0.841. The highest BCUT2D eigenvalue weighted by Crippen LogP contribution is 2.23. The van der Waals surface area contributed by atoms with Gasteiger partial charge in [-0.15, -0.1) is 0 Å². The predicted octanol–water partition coefficient (Wildman–Crippen LogP) is 4.37. The van der Waals surface area contributed by atoms with Gasteiger partial charge in [-0.2, -0.15) is 0 Å². The zero-order valence-electron chi connectivity index (χ0n) is 16.0. The van der Waals surface area contributed by atoms with E-state index in [2.05, 4.69) is 45.0 Å². The van der Waals surface area contributed by atoms with Crippen LogP contribution in [0.25, 0.3) is 0 Å². The van der Waals surface area contributed by atoms with Gasteiger partial charge in [-0.05, 0) is 22.1 Å². The maximum absolute atomic E-state index is 11.0. The van der Waals surface area contributed by atoms with Gasteiger partial charge in [-0.3, -0.25) is 19.8 Å². The van der Waals surface area contributed by atoms with Crippen LogP contribution in [-0.2, 0) is 23.3 Å². The summed E-state index contributed by atoms with van der Waals surface area (Å²) < 4.78 is 0. The molecule has 2 aromatic carbocycles. The van der Waals surface area contributed by atoms with Crippen molar-refractivity contribution in [2.24, 2.45) is 0 Å². The molecule has 0 aliphatic carbocycles. The van der Waals surface area contributed by atoms with Gasteiger partial charge in [0, 0.05) is 31.8 Å². The molecule has 27 heavy (non-hydrogen) atoms. The molecule has 0 amide bonds. The van der Waals surface area contributed by atoms with E-state index in [1.807, 2.05) is 4.90 Å². The Morgan fingerprint density at radius 2 is 1.48 bits per heavy atom. The van der Waals surface area contributed by atoms with Gasteiger partial charge < -0.3 is 5.11 Å². The summed E-state index contributed by atoms with van der Waals surface area (Å²) in [6.45, 7) is 8.05. The highest BCUT2D eigenvalue weighted by molar-refractivity contribution is 5.66. The maximum Gasteiger partial charge on any atom is 0.304 e. The number of hydrogen-bond acceptors (Lipinski definition) is 4.